The van der Waals surface area contributed by atoms with Crippen molar-refractivity contribution in [3.63, 3.8) is 0 Å². The van der Waals surface area contributed by atoms with Crippen molar-refractivity contribution in [2.75, 3.05) is 27.4 Å². The number of nitrogens with one attached hydrogen (secondary N) is 2. The smallest absolute Gasteiger partial charge is 0.191 e. The SMILES string of the molecule is CN=C(NCc1csc(-c2ccccc2)n1)NCc1ccc(C)cc1OCCOC. The molecule has 30 heavy (non-hydrogen) atoms. The highest BCUT2D eigenvalue weighted by Crippen LogP contribution is 2.23. The molecule has 0 saturated carbocycles. The molecule has 0 aliphatic carbocycles. The first kappa shape index (κ1) is 21.8. The summed E-state index contributed by atoms with van der Waals surface area (Å²) >= 11 is 1.65. The number of thiazole rings is 1. The molecule has 0 bridgehead atoms. The molecule has 6 nitrogen and oxygen atoms in total. The molecule has 0 aliphatic rings. The molecular weight excluding hydrogens is 396 g/mol. The fourth-order valence-corrected chi connectivity index (χ4v) is 3.68. The minimum atomic E-state index is 0.521. The molecule has 1 heterocycles. The second-order valence-electron chi connectivity index (χ2n) is 6.74. The van der Waals surface area contributed by atoms with Gasteiger partial charge in [-0.1, -0.05) is 42.5 Å². The highest BCUT2D eigenvalue weighted by molar-refractivity contribution is 7.13. The Kier molecular flexibility index (Phi) is 8.23. The normalized spacial score (nSPS) is 11.4. The van der Waals surface area contributed by atoms with Crippen LogP contribution in [-0.2, 0) is 17.8 Å². The van der Waals surface area contributed by atoms with Crippen molar-refractivity contribution in [2.24, 2.45) is 4.99 Å². The van der Waals surface area contributed by atoms with Gasteiger partial charge in [0.1, 0.15) is 17.4 Å². The molecule has 158 valence electrons. The van der Waals surface area contributed by atoms with Crippen molar-refractivity contribution in [1.29, 1.82) is 0 Å². The second-order valence-corrected chi connectivity index (χ2v) is 7.60. The van der Waals surface area contributed by atoms with E-state index in [0.29, 0.717) is 32.3 Å². The number of hydrogen-bond acceptors (Lipinski definition) is 5. The predicted molar refractivity (Wildman–Crippen MR) is 123 cm³/mol. The Morgan fingerprint density at radius 1 is 1.07 bits per heavy atom. The first-order valence-corrected chi connectivity index (χ1v) is 10.7. The number of benzene rings is 2. The molecule has 7 heteroatoms. The Labute approximate surface area is 182 Å². The summed E-state index contributed by atoms with van der Waals surface area (Å²) in [6.45, 7) is 4.34. The lowest BCUT2D eigenvalue weighted by Crippen LogP contribution is -2.36. The van der Waals surface area contributed by atoms with Crippen LogP contribution in [0.3, 0.4) is 0 Å². The number of ether oxygens (including phenoxy) is 2. The van der Waals surface area contributed by atoms with Crippen molar-refractivity contribution in [2.45, 2.75) is 20.0 Å². The van der Waals surface area contributed by atoms with E-state index in [-0.39, 0.29) is 0 Å². The summed E-state index contributed by atoms with van der Waals surface area (Å²) < 4.78 is 10.9. The molecule has 0 unspecified atom stereocenters. The Balaban J connectivity index is 1.55. The van der Waals surface area contributed by atoms with Crippen LogP contribution in [0.15, 0.2) is 58.9 Å². The maximum absolute atomic E-state index is 5.86. The summed E-state index contributed by atoms with van der Waals surface area (Å²) in [5.74, 6) is 1.58. The van der Waals surface area contributed by atoms with E-state index in [1.807, 2.05) is 24.3 Å². The summed E-state index contributed by atoms with van der Waals surface area (Å²) in [6, 6.07) is 16.4. The van der Waals surface area contributed by atoms with Gasteiger partial charge in [-0.3, -0.25) is 4.99 Å². The van der Waals surface area contributed by atoms with Gasteiger partial charge in [0.25, 0.3) is 0 Å². The Morgan fingerprint density at radius 3 is 2.63 bits per heavy atom. The minimum Gasteiger partial charge on any atom is -0.491 e. The first-order chi connectivity index (χ1) is 14.7. The van der Waals surface area contributed by atoms with Crippen molar-refractivity contribution in [3.8, 4) is 16.3 Å². The van der Waals surface area contributed by atoms with Gasteiger partial charge in [-0.25, -0.2) is 4.98 Å². The molecule has 0 spiro atoms. The van der Waals surface area contributed by atoms with Gasteiger partial charge in [0.05, 0.1) is 18.8 Å². The van der Waals surface area contributed by atoms with Gasteiger partial charge in [0.15, 0.2) is 5.96 Å². The average molecular weight is 425 g/mol. The van der Waals surface area contributed by atoms with Gasteiger partial charge in [-0.05, 0) is 18.6 Å². The lowest BCUT2D eigenvalue weighted by molar-refractivity contribution is 0.145. The van der Waals surface area contributed by atoms with Crippen molar-refractivity contribution >= 4 is 17.3 Å². The third-order valence-corrected chi connectivity index (χ3v) is 5.39. The minimum absolute atomic E-state index is 0.521. The fourth-order valence-electron chi connectivity index (χ4n) is 2.85. The lowest BCUT2D eigenvalue weighted by Gasteiger charge is -2.15. The molecule has 0 amide bonds. The Hall–Kier alpha value is -2.90. The quantitative estimate of drug-likeness (QED) is 0.309. The van der Waals surface area contributed by atoms with Crippen LogP contribution in [0, 0.1) is 6.92 Å². The number of aryl methyl sites for hydroxylation is 1. The average Bonchev–Trinajstić information content (AvgIpc) is 3.25. The molecule has 1 aromatic heterocycles. The monoisotopic (exact) mass is 424 g/mol. The van der Waals surface area contributed by atoms with Crippen molar-refractivity contribution in [1.82, 2.24) is 15.6 Å². The van der Waals surface area contributed by atoms with E-state index in [1.165, 1.54) is 0 Å². The fraction of sp³-hybridized carbons (Fsp3) is 0.304. The van der Waals surface area contributed by atoms with E-state index < -0.39 is 0 Å². The van der Waals surface area contributed by atoms with Gasteiger partial charge < -0.3 is 20.1 Å². The summed E-state index contributed by atoms with van der Waals surface area (Å²) in [4.78, 5) is 9.03. The van der Waals surface area contributed by atoms with Crippen LogP contribution in [0.25, 0.3) is 10.6 Å². The lowest BCUT2D eigenvalue weighted by atomic mass is 10.1. The molecule has 2 N–H and O–H groups in total. The van der Waals surface area contributed by atoms with Gasteiger partial charge in [0, 0.05) is 37.2 Å². The van der Waals surface area contributed by atoms with Crippen LogP contribution in [0.2, 0.25) is 0 Å². The van der Waals surface area contributed by atoms with Gasteiger partial charge >= 0.3 is 0 Å². The zero-order chi connectivity index (χ0) is 21.2. The topological polar surface area (TPSA) is 67.8 Å². The van der Waals surface area contributed by atoms with Crippen LogP contribution >= 0.6 is 11.3 Å². The maximum atomic E-state index is 5.86. The third kappa shape index (κ3) is 6.30. The number of aromatic nitrogens is 1. The van der Waals surface area contributed by atoms with E-state index in [9.17, 15) is 0 Å². The number of hydrogen-bond donors (Lipinski definition) is 2. The molecular formula is C23H28N4O2S. The molecule has 0 radical (unpaired) electrons. The number of methoxy groups -OCH3 is 1. The highest BCUT2D eigenvalue weighted by Gasteiger charge is 2.08. The van der Waals surface area contributed by atoms with Crippen molar-refractivity contribution in [3.05, 3.63) is 70.7 Å². The van der Waals surface area contributed by atoms with Crippen LogP contribution in [0.1, 0.15) is 16.8 Å². The van der Waals surface area contributed by atoms with E-state index in [0.717, 1.165) is 33.1 Å². The summed E-state index contributed by atoms with van der Waals surface area (Å²) in [5, 5.41) is 9.77. The molecule has 0 saturated heterocycles. The van der Waals surface area contributed by atoms with Crippen molar-refractivity contribution < 1.29 is 9.47 Å². The predicted octanol–water partition coefficient (Wildman–Crippen LogP) is 4.01. The Morgan fingerprint density at radius 2 is 1.87 bits per heavy atom. The van der Waals surface area contributed by atoms with Crippen LogP contribution in [-0.4, -0.2) is 38.3 Å². The van der Waals surface area contributed by atoms with Crippen LogP contribution < -0.4 is 15.4 Å². The van der Waals surface area contributed by atoms with Crippen LogP contribution in [0.5, 0.6) is 5.75 Å². The van der Waals surface area contributed by atoms with Gasteiger partial charge in [0.2, 0.25) is 0 Å². The highest BCUT2D eigenvalue weighted by atomic mass is 32.1. The Bertz CT molecular complexity index is 957. The van der Waals surface area contributed by atoms with E-state index in [2.05, 4.69) is 52.2 Å². The zero-order valence-corrected chi connectivity index (χ0v) is 18.5. The molecule has 3 aromatic rings. The summed E-state index contributed by atoms with van der Waals surface area (Å²) in [7, 11) is 3.43. The largest absolute Gasteiger partial charge is 0.491 e. The summed E-state index contributed by atoms with van der Waals surface area (Å²) in [5.41, 5.74) is 4.35. The molecule has 0 aliphatic heterocycles. The number of guanidine groups is 1. The van der Waals surface area contributed by atoms with E-state index in [1.54, 1.807) is 25.5 Å². The second kappa shape index (κ2) is 11.3. The number of rotatable bonds is 9. The number of aliphatic imine (C=N–C) groups is 1. The summed E-state index contributed by atoms with van der Waals surface area (Å²) in [6.07, 6.45) is 0. The zero-order valence-electron chi connectivity index (χ0n) is 17.6. The standard InChI is InChI=1S/C23H28N4O2S/c1-17-9-10-19(21(13-17)29-12-11-28-3)14-25-23(24-2)26-15-20-16-30-22(27-20)18-7-5-4-6-8-18/h4-10,13,16H,11-12,14-15H2,1-3H3,(H2,24,25,26). The number of nitrogens with zero attached hydrogens (tertiary/aromatic N) is 2. The first-order valence-electron chi connectivity index (χ1n) is 9.85. The van der Waals surface area contributed by atoms with Crippen LogP contribution in [0.4, 0.5) is 0 Å². The van der Waals surface area contributed by atoms with E-state index >= 15 is 0 Å². The van der Waals surface area contributed by atoms with E-state index in [4.69, 9.17) is 14.5 Å². The molecule has 0 atom stereocenters. The molecule has 3 rings (SSSR count). The molecule has 0 fully saturated rings. The van der Waals surface area contributed by atoms with Gasteiger partial charge in [-0.2, -0.15) is 0 Å². The maximum Gasteiger partial charge on any atom is 0.191 e. The van der Waals surface area contributed by atoms with Gasteiger partial charge in [-0.15, -0.1) is 11.3 Å². The molecule has 2 aromatic carbocycles. The third-order valence-electron chi connectivity index (χ3n) is 4.45.